The number of aromatic nitrogens is 1. The Labute approximate surface area is 204 Å². The fourth-order valence-electron chi connectivity index (χ4n) is 3.97. The Bertz CT molecular complexity index is 1430. The zero-order chi connectivity index (χ0) is 26.1. The number of rotatable bonds is 7. The number of urea groups is 1. The summed E-state index contributed by atoms with van der Waals surface area (Å²) >= 11 is 0. The Kier molecular flexibility index (Phi) is 6.34. The summed E-state index contributed by atoms with van der Waals surface area (Å²) in [6.07, 6.45) is 1.51. The first kappa shape index (κ1) is 24.3. The van der Waals surface area contributed by atoms with Gasteiger partial charge in [-0.1, -0.05) is 0 Å². The number of hydrogen-bond donors (Lipinski definition) is 1. The number of aryl methyl sites for hydroxylation is 1. The molecule has 0 spiro atoms. The molecule has 3 heterocycles. The van der Waals surface area contributed by atoms with E-state index in [4.69, 9.17) is 9.15 Å². The van der Waals surface area contributed by atoms with Gasteiger partial charge in [0.15, 0.2) is 0 Å². The summed E-state index contributed by atoms with van der Waals surface area (Å²) in [4.78, 5) is 49.1. The van der Waals surface area contributed by atoms with Crippen LogP contribution in [0, 0.1) is 24.0 Å². The second kappa shape index (κ2) is 9.41. The van der Waals surface area contributed by atoms with E-state index in [0.29, 0.717) is 28.4 Å². The van der Waals surface area contributed by atoms with Crippen molar-refractivity contribution in [3.05, 3.63) is 80.7 Å². The highest BCUT2D eigenvalue weighted by Crippen LogP contribution is 2.32. The van der Waals surface area contributed by atoms with Crippen LogP contribution in [-0.2, 0) is 16.1 Å². The predicted octanol–water partition coefficient (Wildman–Crippen LogP) is 3.48. The minimum atomic E-state index is -0.675. The summed E-state index contributed by atoms with van der Waals surface area (Å²) in [5.74, 6) is -0.729. The third kappa shape index (κ3) is 4.31. The van der Waals surface area contributed by atoms with Crippen LogP contribution in [0.3, 0.4) is 0 Å². The maximum Gasteiger partial charge on any atom is 0.373 e. The Morgan fingerprint density at radius 2 is 1.92 bits per heavy atom. The summed E-state index contributed by atoms with van der Waals surface area (Å²) in [7, 11) is 2.64. The average molecular weight is 494 g/mol. The van der Waals surface area contributed by atoms with Gasteiger partial charge in [0.25, 0.3) is 11.6 Å². The molecule has 0 aliphatic carbocycles. The van der Waals surface area contributed by atoms with Gasteiger partial charge in [0.05, 0.1) is 31.8 Å². The number of hydrogen-bond acceptors (Lipinski definition) is 8. The van der Waals surface area contributed by atoms with Crippen LogP contribution < -0.4 is 10.1 Å². The lowest BCUT2D eigenvalue weighted by Crippen LogP contribution is -2.30. The minimum absolute atomic E-state index is 0.0317. The van der Waals surface area contributed by atoms with Gasteiger partial charge in [-0.25, -0.2) is 9.59 Å². The Balaban J connectivity index is 1.64. The quantitative estimate of drug-likeness (QED) is 0.173. The van der Waals surface area contributed by atoms with Crippen LogP contribution in [-0.4, -0.2) is 46.5 Å². The zero-order valence-electron chi connectivity index (χ0n) is 19.9. The molecule has 0 bridgehead atoms. The maximum absolute atomic E-state index is 12.9. The van der Waals surface area contributed by atoms with E-state index in [1.54, 1.807) is 36.6 Å². The first-order valence-electron chi connectivity index (χ1n) is 10.7. The SMILES string of the molecule is COC(=O)c1ccc(CN2C(=O)NC(=Cc3cc(C)n(-c4ccc(OC)cc4[N+](=O)[O-])c3C)C2=O)o1. The molecule has 12 nitrogen and oxygen atoms in total. The molecular formula is C24H22N4O8. The molecule has 1 saturated heterocycles. The van der Waals surface area contributed by atoms with Gasteiger partial charge in [-0.2, -0.15) is 0 Å². The summed E-state index contributed by atoms with van der Waals surface area (Å²) in [6.45, 7) is 3.35. The largest absolute Gasteiger partial charge is 0.496 e. The number of esters is 1. The number of carbonyl (C=O) groups is 3. The topological polar surface area (TPSA) is 146 Å². The normalized spacial score (nSPS) is 14.3. The Morgan fingerprint density at radius 1 is 1.17 bits per heavy atom. The number of nitrogens with one attached hydrogen (secondary N) is 1. The molecule has 3 amide bonds. The fourth-order valence-corrected chi connectivity index (χ4v) is 3.97. The molecule has 1 aliphatic rings. The van der Waals surface area contributed by atoms with E-state index in [-0.39, 0.29) is 29.4 Å². The van der Waals surface area contributed by atoms with E-state index in [0.717, 1.165) is 4.90 Å². The van der Waals surface area contributed by atoms with Crippen LogP contribution in [0.1, 0.15) is 33.3 Å². The standard InChI is InChI=1S/C24H22N4O8/c1-13-9-15(14(2)27(13)19-7-5-16(34-3)11-20(19)28(32)33)10-18-22(29)26(24(31)25-18)12-17-6-8-21(36-17)23(30)35-4/h5-11H,12H2,1-4H3,(H,25,31). The predicted molar refractivity (Wildman–Crippen MR) is 126 cm³/mol. The van der Waals surface area contributed by atoms with Crippen LogP contribution in [0.5, 0.6) is 5.75 Å². The van der Waals surface area contributed by atoms with Gasteiger partial charge in [-0.15, -0.1) is 0 Å². The van der Waals surface area contributed by atoms with Gasteiger partial charge < -0.3 is 23.8 Å². The molecule has 0 unspecified atom stereocenters. The number of nitro groups is 1. The van der Waals surface area contributed by atoms with Crippen LogP contribution in [0.2, 0.25) is 0 Å². The monoisotopic (exact) mass is 494 g/mol. The van der Waals surface area contributed by atoms with Crippen molar-refractivity contribution in [3.8, 4) is 11.4 Å². The number of nitrogens with zero attached hydrogens (tertiary/aromatic N) is 3. The van der Waals surface area contributed by atoms with Crippen LogP contribution in [0.15, 0.2) is 46.5 Å². The fraction of sp³-hybridized carbons (Fsp3) is 0.208. The molecule has 0 atom stereocenters. The van der Waals surface area contributed by atoms with Gasteiger partial charge in [-0.05, 0) is 55.8 Å². The third-order valence-electron chi connectivity index (χ3n) is 5.71. The number of imide groups is 1. The molecule has 4 rings (SSSR count). The Morgan fingerprint density at radius 3 is 2.58 bits per heavy atom. The van der Waals surface area contributed by atoms with E-state index in [2.05, 4.69) is 10.1 Å². The van der Waals surface area contributed by atoms with E-state index >= 15 is 0 Å². The van der Waals surface area contributed by atoms with Crippen molar-refractivity contribution in [2.24, 2.45) is 0 Å². The van der Waals surface area contributed by atoms with Crippen molar-refractivity contribution in [3.63, 3.8) is 0 Å². The molecule has 12 heteroatoms. The smallest absolute Gasteiger partial charge is 0.373 e. The number of furan rings is 1. The molecule has 0 radical (unpaired) electrons. The number of benzene rings is 1. The zero-order valence-corrected chi connectivity index (χ0v) is 19.9. The molecule has 1 N–H and O–H groups in total. The van der Waals surface area contributed by atoms with E-state index in [1.165, 1.54) is 38.5 Å². The van der Waals surface area contributed by atoms with Gasteiger partial charge in [-0.3, -0.25) is 19.8 Å². The van der Waals surface area contributed by atoms with Gasteiger partial charge in [0, 0.05) is 11.4 Å². The summed E-state index contributed by atoms with van der Waals surface area (Å²) < 4.78 is 16.7. The van der Waals surface area contributed by atoms with Gasteiger partial charge in [0.2, 0.25) is 5.76 Å². The van der Waals surface area contributed by atoms with Crippen LogP contribution >= 0.6 is 0 Å². The minimum Gasteiger partial charge on any atom is -0.496 e. The van der Waals surface area contributed by atoms with Crippen molar-refractivity contribution in [2.45, 2.75) is 20.4 Å². The van der Waals surface area contributed by atoms with Crippen molar-refractivity contribution >= 4 is 29.7 Å². The van der Waals surface area contributed by atoms with Crippen molar-refractivity contribution in [2.75, 3.05) is 14.2 Å². The molecule has 186 valence electrons. The first-order valence-corrected chi connectivity index (χ1v) is 10.7. The first-order chi connectivity index (χ1) is 17.1. The molecule has 1 aromatic carbocycles. The molecule has 2 aromatic heterocycles. The van der Waals surface area contributed by atoms with Crippen molar-refractivity contribution in [1.82, 2.24) is 14.8 Å². The van der Waals surface area contributed by atoms with Crippen molar-refractivity contribution in [1.29, 1.82) is 0 Å². The molecular weight excluding hydrogens is 472 g/mol. The number of nitro benzene ring substituents is 1. The number of carbonyl (C=O) groups excluding carboxylic acids is 3. The molecule has 36 heavy (non-hydrogen) atoms. The lowest BCUT2D eigenvalue weighted by atomic mass is 10.2. The number of amides is 3. The highest BCUT2D eigenvalue weighted by atomic mass is 16.6. The molecule has 1 fully saturated rings. The Hall–Kier alpha value is -4.87. The summed E-state index contributed by atoms with van der Waals surface area (Å²) in [5, 5.41) is 14.2. The molecule has 1 aliphatic heterocycles. The van der Waals surface area contributed by atoms with Gasteiger partial charge in [0.1, 0.15) is 22.9 Å². The highest BCUT2D eigenvalue weighted by Gasteiger charge is 2.35. The summed E-state index contributed by atoms with van der Waals surface area (Å²) in [6, 6.07) is 8.52. The second-order valence-electron chi connectivity index (χ2n) is 7.91. The lowest BCUT2D eigenvalue weighted by molar-refractivity contribution is -0.384. The maximum atomic E-state index is 12.9. The van der Waals surface area contributed by atoms with E-state index < -0.39 is 22.8 Å². The number of ether oxygens (including phenoxy) is 2. The van der Waals surface area contributed by atoms with E-state index in [9.17, 15) is 24.5 Å². The average Bonchev–Trinajstić information content (AvgIpc) is 3.51. The van der Waals surface area contributed by atoms with Crippen LogP contribution in [0.25, 0.3) is 11.8 Å². The van der Waals surface area contributed by atoms with Crippen LogP contribution in [0.4, 0.5) is 10.5 Å². The highest BCUT2D eigenvalue weighted by molar-refractivity contribution is 6.14. The van der Waals surface area contributed by atoms with Crippen molar-refractivity contribution < 1.29 is 33.2 Å². The lowest BCUT2D eigenvalue weighted by Gasteiger charge is -2.11. The summed E-state index contributed by atoms with van der Waals surface area (Å²) in [5.41, 5.74) is 2.13. The number of methoxy groups -OCH3 is 2. The third-order valence-corrected chi connectivity index (χ3v) is 5.71. The van der Waals surface area contributed by atoms with E-state index in [1.807, 2.05) is 0 Å². The van der Waals surface area contributed by atoms with Gasteiger partial charge >= 0.3 is 12.0 Å². The molecule has 0 saturated carbocycles. The molecule has 3 aromatic rings. The second-order valence-corrected chi connectivity index (χ2v) is 7.91.